The Kier molecular flexibility index (Phi) is 4.77. The SMILES string of the molecule is CCn1c(Cn2ccnc2-c2cccc(F)n2)nc(-c2ccccc2C)c1C. The highest BCUT2D eigenvalue weighted by Crippen LogP contribution is 2.27. The molecular formula is C22H22FN5. The zero-order valence-electron chi connectivity index (χ0n) is 16.2. The highest BCUT2D eigenvalue weighted by atomic mass is 19.1. The summed E-state index contributed by atoms with van der Waals surface area (Å²) in [4.78, 5) is 13.3. The molecule has 0 aliphatic rings. The molecule has 0 saturated heterocycles. The fraction of sp³-hybridized carbons (Fsp3) is 0.227. The molecule has 0 aliphatic heterocycles. The number of hydrogen-bond acceptors (Lipinski definition) is 3. The van der Waals surface area contributed by atoms with Crippen molar-refractivity contribution in [3.05, 3.63) is 77.9 Å². The summed E-state index contributed by atoms with van der Waals surface area (Å²) in [5.74, 6) is 1.05. The summed E-state index contributed by atoms with van der Waals surface area (Å²) in [5.41, 5.74) is 4.99. The number of hydrogen-bond donors (Lipinski definition) is 0. The molecule has 0 radical (unpaired) electrons. The Balaban J connectivity index is 1.75. The largest absolute Gasteiger partial charge is 0.330 e. The highest BCUT2D eigenvalue weighted by Gasteiger charge is 2.17. The number of pyridine rings is 1. The lowest BCUT2D eigenvalue weighted by Crippen LogP contribution is -2.10. The van der Waals surface area contributed by atoms with E-state index in [1.807, 2.05) is 22.9 Å². The predicted octanol–water partition coefficient (Wildman–Crippen LogP) is 4.63. The van der Waals surface area contributed by atoms with Crippen LogP contribution in [0.1, 0.15) is 24.0 Å². The standard InChI is InChI=1S/C22H22FN5/c1-4-28-16(3)21(17-9-6-5-8-15(17)2)26-20(28)14-27-13-12-24-22(27)18-10-7-11-19(23)25-18/h5-13H,4,14H2,1-3H3. The molecule has 0 saturated carbocycles. The van der Waals surface area contributed by atoms with Crippen LogP contribution in [-0.4, -0.2) is 24.1 Å². The maximum absolute atomic E-state index is 13.6. The van der Waals surface area contributed by atoms with Crippen molar-refractivity contribution in [3.8, 4) is 22.8 Å². The molecule has 0 bridgehead atoms. The fourth-order valence-electron chi connectivity index (χ4n) is 3.58. The molecule has 142 valence electrons. The number of aromatic nitrogens is 5. The van der Waals surface area contributed by atoms with E-state index in [1.165, 1.54) is 11.6 Å². The molecule has 0 spiro atoms. The van der Waals surface area contributed by atoms with E-state index >= 15 is 0 Å². The van der Waals surface area contributed by atoms with Crippen LogP contribution >= 0.6 is 0 Å². The van der Waals surface area contributed by atoms with Crippen molar-refractivity contribution in [1.29, 1.82) is 0 Å². The van der Waals surface area contributed by atoms with Crippen molar-refractivity contribution in [2.45, 2.75) is 33.9 Å². The van der Waals surface area contributed by atoms with E-state index in [9.17, 15) is 4.39 Å². The Morgan fingerprint density at radius 1 is 1.00 bits per heavy atom. The van der Waals surface area contributed by atoms with Gasteiger partial charge >= 0.3 is 0 Å². The number of aryl methyl sites for hydroxylation is 1. The van der Waals surface area contributed by atoms with E-state index in [0.29, 0.717) is 18.1 Å². The van der Waals surface area contributed by atoms with E-state index in [4.69, 9.17) is 4.98 Å². The van der Waals surface area contributed by atoms with Crippen molar-refractivity contribution in [2.75, 3.05) is 0 Å². The van der Waals surface area contributed by atoms with Crippen molar-refractivity contribution in [3.63, 3.8) is 0 Å². The van der Waals surface area contributed by atoms with Crippen LogP contribution in [-0.2, 0) is 13.1 Å². The van der Waals surface area contributed by atoms with Gasteiger partial charge < -0.3 is 9.13 Å². The monoisotopic (exact) mass is 375 g/mol. The van der Waals surface area contributed by atoms with Crippen molar-refractivity contribution >= 4 is 0 Å². The molecule has 6 heteroatoms. The molecule has 4 rings (SSSR count). The van der Waals surface area contributed by atoms with Gasteiger partial charge in [-0.2, -0.15) is 4.39 Å². The van der Waals surface area contributed by atoms with Gasteiger partial charge in [0.15, 0.2) is 5.82 Å². The van der Waals surface area contributed by atoms with Crippen molar-refractivity contribution < 1.29 is 4.39 Å². The molecule has 28 heavy (non-hydrogen) atoms. The third-order valence-electron chi connectivity index (χ3n) is 4.99. The number of halogens is 1. The average molecular weight is 375 g/mol. The molecule has 1 aromatic carbocycles. The topological polar surface area (TPSA) is 48.5 Å². The summed E-state index contributed by atoms with van der Waals surface area (Å²) in [5, 5.41) is 0. The first-order chi connectivity index (χ1) is 13.6. The first-order valence-electron chi connectivity index (χ1n) is 9.34. The van der Waals surface area contributed by atoms with Gasteiger partial charge in [0, 0.05) is 30.2 Å². The summed E-state index contributed by atoms with van der Waals surface area (Å²) in [6.07, 6.45) is 3.58. The Hall–Kier alpha value is -3.28. The van der Waals surface area contributed by atoms with Crippen LogP contribution in [0.15, 0.2) is 54.9 Å². The first-order valence-corrected chi connectivity index (χ1v) is 9.34. The van der Waals surface area contributed by atoms with Crippen molar-refractivity contribution in [2.24, 2.45) is 0 Å². The van der Waals surface area contributed by atoms with Crippen LogP contribution in [0.3, 0.4) is 0 Å². The lowest BCUT2D eigenvalue weighted by atomic mass is 10.0. The number of nitrogens with zero attached hydrogens (tertiary/aromatic N) is 5. The lowest BCUT2D eigenvalue weighted by molar-refractivity contribution is 0.583. The number of rotatable bonds is 5. The quantitative estimate of drug-likeness (QED) is 0.478. The zero-order valence-corrected chi connectivity index (χ0v) is 16.2. The van der Waals surface area contributed by atoms with Crippen LogP contribution in [0.25, 0.3) is 22.8 Å². The molecule has 3 aromatic heterocycles. The first kappa shape index (κ1) is 18.1. The average Bonchev–Trinajstić information content (AvgIpc) is 3.27. The van der Waals surface area contributed by atoms with Crippen LogP contribution in [0, 0.1) is 19.8 Å². The van der Waals surface area contributed by atoms with E-state index < -0.39 is 5.95 Å². The minimum absolute atomic E-state index is 0.510. The van der Waals surface area contributed by atoms with Crippen LogP contribution < -0.4 is 0 Å². The summed E-state index contributed by atoms with van der Waals surface area (Å²) < 4.78 is 17.7. The highest BCUT2D eigenvalue weighted by molar-refractivity contribution is 5.66. The Bertz CT molecular complexity index is 1130. The third-order valence-corrected chi connectivity index (χ3v) is 4.99. The molecule has 0 fully saturated rings. The maximum atomic E-state index is 13.6. The molecular weight excluding hydrogens is 353 g/mol. The molecule has 3 heterocycles. The van der Waals surface area contributed by atoms with Crippen molar-refractivity contribution in [1.82, 2.24) is 24.1 Å². The van der Waals surface area contributed by atoms with Crippen LogP contribution in [0.4, 0.5) is 4.39 Å². The summed E-state index contributed by atoms with van der Waals surface area (Å²) >= 11 is 0. The fourth-order valence-corrected chi connectivity index (χ4v) is 3.58. The third kappa shape index (κ3) is 3.22. The lowest BCUT2D eigenvalue weighted by Gasteiger charge is -2.10. The van der Waals surface area contributed by atoms with Gasteiger partial charge in [-0.3, -0.25) is 0 Å². The van der Waals surface area contributed by atoms with Gasteiger partial charge in [0.25, 0.3) is 0 Å². The summed E-state index contributed by atoms with van der Waals surface area (Å²) in [6.45, 7) is 7.67. The van der Waals surface area contributed by atoms with Gasteiger partial charge in [-0.1, -0.05) is 30.3 Å². The van der Waals surface area contributed by atoms with Gasteiger partial charge in [-0.05, 0) is 38.5 Å². The minimum atomic E-state index is -0.514. The van der Waals surface area contributed by atoms with Crippen LogP contribution in [0.5, 0.6) is 0 Å². The second-order valence-electron chi connectivity index (χ2n) is 6.75. The Labute approximate surface area is 163 Å². The molecule has 5 nitrogen and oxygen atoms in total. The molecule has 0 aliphatic carbocycles. The van der Waals surface area contributed by atoms with E-state index in [1.54, 1.807) is 18.3 Å². The summed E-state index contributed by atoms with van der Waals surface area (Å²) in [6, 6.07) is 13.0. The number of benzene rings is 1. The molecule has 0 atom stereocenters. The second-order valence-corrected chi connectivity index (χ2v) is 6.75. The normalized spacial score (nSPS) is 11.1. The summed E-state index contributed by atoms with van der Waals surface area (Å²) in [7, 11) is 0. The zero-order chi connectivity index (χ0) is 19.7. The van der Waals surface area contributed by atoms with Crippen LogP contribution in [0.2, 0.25) is 0 Å². The van der Waals surface area contributed by atoms with Gasteiger partial charge in [0.2, 0.25) is 5.95 Å². The smallest absolute Gasteiger partial charge is 0.213 e. The number of imidazole rings is 2. The molecule has 0 amide bonds. The van der Waals surface area contributed by atoms with E-state index in [0.717, 1.165) is 29.3 Å². The Morgan fingerprint density at radius 3 is 2.57 bits per heavy atom. The molecule has 4 aromatic rings. The van der Waals surface area contributed by atoms with E-state index in [2.05, 4.69) is 47.4 Å². The van der Waals surface area contributed by atoms with E-state index in [-0.39, 0.29) is 0 Å². The minimum Gasteiger partial charge on any atom is -0.330 e. The second kappa shape index (κ2) is 7.38. The molecule has 0 N–H and O–H groups in total. The van der Waals surface area contributed by atoms with Gasteiger partial charge in [-0.25, -0.2) is 15.0 Å². The van der Waals surface area contributed by atoms with Gasteiger partial charge in [0.1, 0.15) is 11.5 Å². The predicted molar refractivity (Wildman–Crippen MR) is 107 cm³/mol. The molecule has 0 unspecified atom stereocenters. The van der Waals surface area contributed by atoms with Gasteiger partial charge in [0.05, 0.1) is 12.2 Å². The Morgan fingerprint density at radius 2 is 1.82 bits per heavy atom. The van der Waals surface area contributed by atoms with Gasteiger partial charge in [-0.15, -0.1) is 0 Å². The maximum Gasteiger partial charge on any atom is 0.213 e.